The number of hydrogen-bond donors (Lipinski definition) is 1. The number of benzene rings is 1. The molecule has 1 heterocycles. The lowest BCUT2D eigenvalue weighted by Crippen LogP contribution is -2.39. The van der Waals surface area contributed by atoms with Gasteiger partial charge in [0.25, 0.3) is 0 Å². The minimum absolute atomic E-state index is 0.355. The Morgan fingerprint density at radius 3 is 2.59 bits per heavy atom. The van der Waals surface area contributed by atoms with Gasteiger partial charge in [-0.1, -0.05) is 30.9 Å². The van der Waals surface area contributed by atoms with Crippen molar-refractivity contribution in [1.29, 1.82) is 0 Å². The van der Waals surface area contributed by atoms with Gasteiger partial charge in [0.2, 0.25) is 0 Å². The Balaban J connectivity index is 2.26. The summed E-state index contributed by atoms with van der Waals surface area (Å²) in [5.74, 6) is 0.495. The third-order valence-corrected chi connectivity index (χ3v) is 4.82. The third-order valence-electron chi connectivity index (χ3n) is 4.54. The summed E-state index contributed by atoms with van der Waals surface area (Å²) in [6.45, 7) is 0.815. The van der Waals surface area contributed by atoms with Crippen molar-refractivity contribution < 1.29 is 24.1 Å². The topological polar surface area (TPSA) is 65.0 Å². The van der Waals surface area contributed by atoms with Crippen molar-refractivity contribution in [3.63, 3.8) is 0 Å². The van der Waals surface area contributed by atoms with Crippen LogP contribution in [0.25, 0.3) is 0 Å². The SMILES string of the molecule is COc1c(Cl)cc2c(c1C1(C(=O)O)CCCCC1)OCCO2. The second kappa shape index (κ2) is 5.88. The molecule has 6 heteroatoms. The van der Waals surface area contributed by atoms with Gasteiger partial charge in [0, 0.05) is 6.07 Å². The molecule has 1 aromatic carbocycles. The molecule has 1 aliphatic heterocycles. The smallest absolute Gasteiger partial charge is 0.314 e. The summed E-state index contributed by atoms with van der Waals surface area (Å²) in [6, 6.07) is 1.64. The highest BCUT2D eigenvalue weighted by Gasteiger charge is 2.47. The zero-order chi connectivity index (χ0) is 15.7. The van der Waals surface area contributed by atoms with Crippen molar-refractivity contribution in [2.45, 2.75) is 37.5 Å². The summed E-state index contributed by atoms with van der Waals surface area (Å²) >= 11 is 6.30. The number of rotatable bonds is 3. The predicted octanol–water partition coefficient (Wildman–Crippen LogP) is 3.41. The van der Waals surface area contributed by atoms with Crippen molar-refractivity contribution in [2.24, 2.45) is 0 Å². The maximum Gasteiger partial charge on any atom is 0.314 e. The van der Waals surface area contributed by atoms with E-state index in [1.165, 1.54) is 7.11 Å². The highest BCUT2D eigenvalue weighted by Crippen LogP contribution is 2.54. The quantitative estimate of drug-likeness (QED) is 0.922. The molecule has 3 rings (SSSR count). The summed E-state index contributed by atoms with van der Waals surface area (Å²) in [7, 11) is 1.50. The summed E-state index contributed by atoms with van der Waals surface area (Å²) in [5, 5.41) is 10.3. The first-order chi connectivity index (χ1) is 10.6. The molecular weight excluding hydrogens is 308 g/mol. The summed E-state index contributed by atoms with van der Waals surface area (Å²) in [6.07, 6.45) is 3.86. The number of carbonyl (C=O) groups is 1. The van der Waals surface area contributed by atoms with E-state index in [0.717, 1.165) is 19.3 Å². The molecule has 1 saturated carbocycles. The van der Waals surface area contributed by atoms with E-state index < -0.39 is 11.4 Å². The molecule has 2 aliphatic rings. The van der Waals surface area contributed by atoms with Crippen LogP contribution in [0.2, 0.25) is 5.02 Å². The van der Waals surface area contributed by atoms with E-state index in [1.807, 2.05) is 0 Å². The average molecular weight is 327 g/mol. The lowest BCUT2D eigenvalue weighted by atomic mass is 9.68. The van der Waals surface area contributed by atoms with Crippen LogP contribution in [-0.2, 0) is 10.2 Å². The molecule has 0 spiro atoms. The van der Waals surface area contributed by atoms with Crippen molar-refractivity contribution in [1.82, 2.24) is 0 Å². The first-order valence-electron chi connectivity index (χ1n) is 7.50. The number of carboxylic acid groups (broad SMARTS) is 1. The van der Waals surface area contributed by atoms with Crippen LogP contribution in [0.15, 0.2) is 6.07 Å². The Morgan fingerprint density at radius 1 is 1.27 bits per heavy atom. The Labute approximate surface area is 134 Å². The largest absolute Gasteiger partial charge is 0.495 e. The Hall–Kier alpha value is -1.62. The van der Waals surface area contributed by atoms with Gasteiger partial charge in [-0.25, -0.2) is 0 Å². The highest BCUT2D eigenvalue weighted by molar-refractivity contribution is 6.32. The second-order valence-electron chi connectivity index (χ2n) is 5.74. The average Bonchev–Trinajstić information content (AvgIpc) is 2.54. The Morgan fingerprint density at radius 2 is 1.95 bits per heavy atom. The van der Waals surface area contributed by atoms with Gasteiger partial charge in [0.05, 0.1) is 17.7 Å². The first kappa shape index (κ1) is 15.3. The van der Waals surface area contributed by atoms with Gasteiger partial charge in [0.1, 0.15) is 24.4 Å². The molecule has 0 unspecified atom stereocenters. The Kier molecular flexibility index (Phi) is 4.08. The van der Waals surface area contributed by atoms with Gasteiger partial charge in [-0.3, -0.25) is 4.79 Å². The lowest BCUT2D eigenvalue weighted by molar-refractivity contribution is -0.145. The predicted molar refractivity (Wildman–Crippen MR) is 81.4 cm³/mol. The third kappa shape index (κ3) is 2.28. The number of hydrogen-bond acceptors (Lipinski definition) is 4. The van der Waals surface area contributed by atoms with E-state index in [-0.39, 0.29) is 0 Å². The minimum atomic E-state index is -1.03. The summed E-state index contributed by atoms with van der Waals surface area (Å²) < 4.78 is 16.8. The monoisotopic (exact) mass is 326 g/mol. The number of methoxy groups -OCH3 is 1. The van der Waals surface area contributed by atoms with Gasteiger partial charge in [-0.2, -0.15) is 0 Å². The van der Waals surface area contributed by atoms with Crippen molar-refractivity contribution >= 4 is 17.6 Å². The van der Waals surface area contributed by atoms with Gasteiger partial charge >= 0.3 is 5.97 Å². The van der Waals surface area contributed by atoms with Crippen LogP contribution in [0.1, 0.15) is 37.7 Å². The normalized spacial score (nSPS) is 19.5. The number of carboxylic acids is 1. The Bertz CT molecular complexity index is 593. The van der Waals surface area contributed by atoms with E-state index >= 15 is 0 Å². The second-order valence-corrected chi connectivity index (χ2v) is 6.15. The number of fused-ring (bicyclic) bond motifs is 1. The van der Waals surface area contributed by atoms with Crippen molar-refractivity contribution in [3.8, 4) is 17.2 Å². The molecule has 5 nitrogen and oxygen atoms in total. The van der Waals surface area contributed by atoms with Crippen LogP contribution in [0.5, 0.6) is 17.2 Å². The van der Waals surface area contributed by atoms with Gasteiger partial charge in [-0.15, -0.1) is 0 Å². The molecule has 120 valence electrons. The molecular formula is C16H19ClO5. The van der Waals surface area contributed by atoms with E-state index in [2.05, 4.69) is 0 Å². The van der Waals surface area contributed by atoms with Crippen LogP contribution < -0.4 is 14.2 Å². The summed E-state index contributed by atoms with van der Waals surface area (Å²) in [5.41, 5.74) is -0.497. The molecule has 1 fully saturated rings. The fourth-order valence-corrected chi connectivity index (χ4v) is 3.77. The van der Waals surface area contributed by atoms with Gasteiger partial charge in [0.15, 0.2) is 11.5 Å². The van der Waals surface area contributed by atoms with E-state index in [0.29, 0.717) is 53.9 Å². The highest BCUT2D eigenvalue weighted by atomic mass is 35.5. The minimum Gasteiger partial charge on any atom is -0.495 e. The number of aliphatic carboxylic acids is 1. The molecule has 0 aromatic heterocycles. The van der Waals surface area contributed by atoms with Crippen molar-refractivity contribution in [2.75, 3.05) is 20.3 Å². The fourth-order valence-electron chi connectivity index (χ4n) is 3.50. The molecule has 1 aromatic rings. The van der Waals surface area contributed by atoms with Crippen LogP contribution in [-0.4, -0.2) is 31.4 Å². The molecule has 0 amide bonds. The van der Waals surface area contributed by atoms with Crippen LogP contribution in [0, 0.1) is 0 Å². The first-order valence-corrected chi connectivity index (χ1v) is 7.88. The van der Waals surface area contributed by atoms with Gasteiger partial charge < -0.3 is 19.3 Å². The molecule has 0 saturated heterocycles. The maximum atomic E-state index is 12.1. The zero-order valence-electron chi connectivity index (χ0n) is 12.5. The fraction of sp³-hybridized carbons (Fsp3) is 0.562. The molecule has 0 radical (unpaired) electrons. The van der Waals surface area contributed by atoms with Gasteiger partial charge in [-0.05, 0) is 12.8 Å². The summed E-state index contributed by atoms with van der Waals surface area (Å²) in [4.78, 5) is 12.1. The van der Waals surface area contributed by atoms with Crippen LogP contribution >= 0.6 is 11.6 Å². The van der Waals surface area contributed by atoms with Crippen LogP contribution in [0.4, 0.5) is 0 Å². The lowest BCUT2D eigenvalue weighted by Gasteiger charge is -2.37. The number of ether oxygens (including phenoxy) is 3. The maximum absolute atomic E-state index is 12.1. The molecule has 0 atom stereocenters. The van der Waals surface area contributed by atoms with E-state index in [9.17, 15) is 9.90 Å². The molecule has 0 bridgehead atoms. The zero-order valence-corrected chi connectivity index (χ0v) is 13.2. The van der Waals surface area contributed by atoms with E-state index in [1.54, 1.807) is 6.07 Å². The van der Waals surface area contributed by atoms with Crippen molar-refractivity contribution in [3.05, 3.63) is 16.7 Å². The standard InChI is InChI=1S/C16H19ClO5/c1-20-13-10(17)9-11-14(22-8-7-21-11)12(13)16(15(18)19)5-3-2-4-6-16/h9H,2-8H2,1H3,(H,18,19). The van der Waals surface area contributed by atoms with Crippen LogP contribution in [0.3, 0.4) is 0 Å². The number of halogens is 1. The molecule has 22 heavy (non-hydrogen) atoms. The van der Waals surface area contributed by atoms with E-state index in [4.69, 9.17) is 25.8 Å². The molecule has 1 N–H and O–H groups in total. The molecule has 1 aliphatic carbocycles.